The first-order chi connectivity index (χ1) is 7.79. The molecule has 16 heavy (non-hydrogen) atoms. The molecule has 0 aromatic carbocycles. The second kappa shape index (κ2) is 4.89. The van der Waals surface area contributed by atoms with Crippen LogP contribution >= 0.6 is 0 Å². The van der Waals surface area contributed by atoms with Crippen molar-refractivity contribution in [1.82, 2.24) is 25.0 Å². The summed E-state index contributed by atoms with van der Waals surface area (Å²) in [7, 11) is 0. The Morgan fingerprint density at radius 2 is 2.25 bits per heavy atom. The van der Waals surface area contributed by atoms with Crippen molar-refractivity contribution in [2.24, 2.45) is 0 Å². The van der Waals surface area contributed by atoms with Crippen LogP contribution in [0.1, 0.15) is 5.82 Å². The maximum atomic E-state index is 11.4. The zero-order chi connectivity index (χ0) is 11.4. The van der Waals surface area contributed by atoms with Gasteiger partial charge in [-0.25, -0.2) is 4.98 Å². The van der Waals surface area contributed by atoms with Crippen molar-refractivity contribution >= 4 is 5.91 Å². The van der Waals surface area contributed by atoms with E-state index in [4.69, 9.17) is 0 Å². The molecule has 86 valence electrons. The Bertz CT molecular complexity index is 353. The molecular formula is C10H15N5O. The van der Waals surface area contributed by atoms with Crippen molar-refractivity contribution in [3.63, 3.8) is 0 Å². The number of carbonyl (C=O) groups is 1. The van der Waals surface area contributed by atoms with E-state index in [-0.39, 0.29) is 5.91 Å². The van der Waals surface area contributed by atoms with E-state index in [9.17, 15) is 4.79 Å². The first-order valence-corrected chi connectivity index (χ1v) is 5.27. The van der Waals surface area contributed by atoms with Gasteiger partial charge in [-0.05, 0) is 6.08 Å². The third-order valence-electron chi connectivity index (χ3n) is 2.70. The Balaban J connectivity index is 1.81. The number of piperazine rings is 1. The van der Waals surface area contributed by atoms with Gasteiger partial charge in [0.1, 0.15) is 12.2 Å². The minimum absolute atomic E-state index is 0.0133. The summed E-state index contributed by atoms with van der Waals surface area (Å²) in [6.07, 6.45) is 2.87. The van der Waals surface area contributed by atoms with Gasteiger partial charge in [0, 0.05) is 26.2 Å². The van der Waals surface area contributed by atoms with Crippen LogP contribution in [0.5, 0.6) is 0 Å². The maximum absolute atomic E-state index is 11.4. The van der Waals surface area contributed by atoms with Crippen LogP contribution in [-0.2, 0) is 11.3 Å². The standard InChI is InChI=1S/C10H15N5O/c1-2-10(16)15-5-3-14(4-6-15)7-9-11-8-12-13-9/h2,8H,1,3-7H2,(H,11,12,13). The van der Waals surface area contributed by atoms with Gasteiger partial charge in [-0.1, -0.05) is 6.58 Å². The van der Waals surface area contributed by atoms with Gasteiger partial charge in [0.25, 0.3) is 0 Å². The molecule has 1 aliphatic heterocycles. The molecule has 6 nitrogen and oxygen atoms in total. The number of amides is 1. The first kappa shape index (κ1) is 10.8. The second-order valence-corrected chi connectivity index (χ2v) is 3.74. The van der Waals surface area contributed by atoms with Crippen LogP contribution in [0, 0.1) is 0 Å². The molecule has 1 aliphatic rings. The summed E-state index contributed by atoms with van der Waals surface area (Å²) in [5, 5.41) is 6.63. The number of nitrogens with zero attached hydrogens (tertiary/aromatic N) is 4. The Kier molecular flexibility index (Phi) is 3.31. The van der Waals surface area contributed by atoms with Crippen molar-refractivity contribution in [2.45, 2.75) is 6.54 Å². The van der Waals surface area contributed by atoms with E-state index in [1.54, 1.807) is 0 Å². The van der Waals surface area contributed by atoms with E-state index in [0.29, 0.717) is 0 Å². The Hall–Kier alpha value is -1.69. The van der Waals surface area contributed by atoms with Gasteiger partial charge >= 0.3 is 0 Å². The van der Waals surface area contributed by atoms with E-state index in [1.807, 2.05) is 4.90 Å². The van der Waals surface area contributed by atoms with Crippen LogP contribution in [-0.4, -0.2) is 57.1 Å². The summed E-state index contributed by atoms with van der Waals surface area (Å²) in [5.41, 5.74) is 0. The van der Waals surface area contributed by atoms with Gasteiger partial charge in [-0.15, -0.1) is 0 Å². The van der Waals surface area contributed by atoms with Crippen molar-refractivity contribution < 1.29 is 4.79 Å². The minimum atomic E-state index is 0.0133. The van der Waals surface area contributed by atoms with Gasteiger partial charge in [0.2, 0.25) is 5.91 Å². The predicted octanol–water partition coefficient (Wildman–Crippen LogP) is -0.365. The molecule has 0 radical (unpaired) electrons. The van der Waals surface area contributed by atoms with Gasteiger partial charge in [-0.2, -0.15) is 5.10 Å². The number of aromatic nitrogens is 3. The van der Waals surface area contributed by atoms with Crippen molar-refractivity contribution in [2.75, 3.05) is 26.2 Å². The maximum Gasteiger partial charge on any atom is 0.246 e. The predicted molar refractivity (Wildman–Crippen MR) is 58.4 cm³/mol. The number of H-pyrrole nitrogens is 1. The average molecular weight is 221 g/mol. The molecule has 0 saturated carbocycles. The Morgan fingerprint density at radius 1 is 1.50 bits per heavy atom. The van der Waals surface area contributed by atoms with E-state index in [1.165, 1.54) is 12.4 Å². The molecule has 1 fully saturated rings. The summed E-state index contributed by atoms with van der Waals surface area (Å²) in [4.78, 5) is 19.5. The number of nitrogens with one attached hydrogen (secondary N) is 1. The van der Waals surface area contributed by atoms with Gasteiger partial charge in [-0.3, -0.25) is 14.8 Å². The molecule has 2 rings (SSSR count). The third kappa shape index (κ3) is 2.46. The van der Waals surface area contributed by atoms with Gasteiger partial charge in [0.15, 0.2) is 0 Å². The lowest BCUT2D eigenvalue weighted by atomic mass is 10.3. The van der Waals surface area contributed by atoms with Crippen LogP contribution in [0.4, 0.5) is 0 Å². The van der Waals surface area contributed by atoms with E-state index in [2.05, 4.69) is 26.7 Å². The fraction of sp³-hybridized carbons (Fsp3) is 0.500. The van der Waals surface area contributed by atoms with Crippen molar-refractivity contribution in [3.8, 4) is 0 Å². The SMILES string of the molecule is C=CC(=O)N1CCN(Cc2ncn[nH]2)CC1. The van der Waals surface area contributed by atoms with Crippen LogP contribution in [0.15, 0.2) is 19.0 Å². The van der Waals surface area contributed by atoms with Crippen LogP contribution in [0.3, 0.4) is 0 Å². The fourth-order valence-corrected chi connectivity index (χ4v) is 1.77. The quantitative estimate of drug-likeness (QED) is 0.708. The number of rotatable bonds is 3. The highest BCUT2D eigenvalue weighted by Crippen LogP contribution is 2.05. The number of hydrogen-bond donors (Lipinski definition) is 1. The lowest BCUT2D eigenvalue weighted by Gasteiger charge is -2.33. The highest BCUT2D eigenvalue weighted by molar-refractivity contribution is 5.87. The zero-order valence-electron chi connectivity index (χ0n) is 9.09. The molecule has 0 spiro atoms. The van der Waals surface area contributed by atoms with Gasteiger partial charge < -0.3 is 4.90 Å². The summed E-state index contributed by atoms with van der Waals surface area (Å²) in [6, 6.07) is 0. The van der Waals surface area contributed by atoms with Gasteiger partial charge in [0.05, 0.1) is 6.54 Å². The highest BCUT2D eigenvalue weighted by atomic mass is 16.2. The summed E-state index contributed by atoms with van der Waals surface area (Å²) in [5.74, 6) is 0.878. The normalized spacial score (nSPS) is 17.4. The molecule has 1 N–H and O–H groups in total. The number of aromatic amines is 1. The molecule has 6 heteroatoms. The molecule has 0 bridgehead atoms. The lowest BCUT2D eigenvalue weighted by molar-refractivity contribution is -0.127. The Morgan fingerprint density at radius 3 is 2.81 bits per heavy atom. The van der Waals surface area contributed by atoms with E-state index < -0.39 is 0 Å². The summed E-state index contributed by atoms with van der Waals surface area (Å²) in [6.45, 7) is 7.47. The summed E-state index contributed by atoms with van der Waals surface area (Å²) < 4.78 is 0. The molecule has 1 saturated heterocycles. The minimum Gasteiger partial charge on any atom is -0.337 e. The first-order valence-electron chi connectivity index (χ1n) is 5.27. The summed E-state index contributed by atoms with van der Waals surface area (Å²) >= 11 is 0. The van der Waals surface area contributed by atoms with E-state index in [0.717, 1.165) is 38.5 Å². The molecule has 0 unspecified atom stereocenters. The Labute approximate surface area is 94.0 Å². The second-order valence-electron chi connectivity index (χ2n) is 3.74. The molecular weight excluding hydrogens is 206 g/mol. The average Bonchev–Trinajstić information content (AvgIpc) is 2.82. The van der Waals surface area contributed by atoms with Crippen LogP contribution in [0.2, 0.25) is 0 Å². The molecule has 0 aliphatic carbocycles. The molecule has 1 aromatic heterocycles. The van der Waals surface area contributed by atoms with Crippen molar-refractivity contribution in [1.29, 1.82) is 0 Å². The third-order valence-corrected chi connectivity index (χ3v) is 2.70. The molecule has 2 heterocycles. The fourth-order valence-electron chi connectivity index (χ4n) is 1.77. The zero-order valence-corrected chi connectivity index (χ0v) is 9.09. The number of carbonyl (C=O) groups excluding carboxylic acids is 1. The monoisotopic (exact) mass is 221 g/mol. The molecule has 1 amide bonds. The molecule has 1 aromatic rings. The van der Waals surface area contributed by atoms with Crippen LogP contribution < -0.4 is 0 Å². The highest BCUT2D eigenvalue weighted by Gasteiger charge is 2.19. The molecule has 0 atom stereocenters. The smallest absolute Gasteiger partial charge is 0.246 e. The lowest BCUT2D eigenvalue weighted by Crippen LogP contribution is -2.47. The largest absolute Gasteiger partial charge is 0.337 e. The van der Waals surface area contributed by atoms with Crippen molar-refractivity contribution in [3.05, 3.63) is 24.8 Å². The number of hydrogen-bond acceptors (Lipinski definition) is 4. The van der Waals surface area contributed by atoms with Crippen LogP contribution in [0.25, 0.3) is 0 Å². The topological polar surface area (TPSA) is 65.1 Å². The van der Waals surface area contributed by atoms with E-state index >= 15 is 0 Å².